The van der Waals surface area contributed by atoms with Gasteiger partial charge in [-0.1, -0.05) is 6.92 Å². The molecule has 1 N–H and O–H groups in total. The first kappa shape index (κ1) is 12.6. The largest absolute Gasteiger partial charge is 0.464 e. The van der Waals surface area contributed by atoms with E-state index in [9.17, 15) is 0 Å². The highest BCUT2D eigenvalue weighted by atomic mass is 16.3. The Bertz CT molecular complexity index is 434. The lowest BCUT2D eigenvalue weighted by Crippen LogP contribution is -2.41. The molecule has 19 heavy (non-hydrogen) atoms. The molecule has 4 heteroatoms. The first-order valence-corrected chi connectivity index (χ1v) is 7.31. The van der Waals surface area contributed by atoms with Crippen molar-refractivity contribution in [3.63, 3.8) is 0 Å². The molecule has 104 valence electrons. The molecule has 0 atom stereocenters. The number of nitrogens with zero attached hydrogens (tertiary/aromatic N) is 2. The molecular formula is C15H23N3O. The summed E-state index contributed by atoms with van der Waals surface area (Å²) in [5.74, 6) is 2.14. The Morgan fingerprint density at radius 2 is 2.00 bits per heavy atom. The van der Waals surface area contributed by atoms with Gasteiger partial charge in [-0.2, -0.15) is 0 Å². The molecule has 0 aliphatic carbocycles. The average molecular weight is 261 g/mol. The predicted octanol–water partition coefficient (Wildman–Crippen LogP) is 2.14. The Labute approximate surface area is 115 Å². The predicted molar refractivity (Wildman–Crippen MR) is 75.4 cm³/mol. The molecule has 1 saturated heterocycles. The van der Waals surface area contributed by atoms with Gasteiger partial charge in [-0.3, -0.25) is 0 Å². The summed E-state index contributed by atoms with van der Waals surface area (Å²) in [6.07, 6.45) is 7.89. The van der Waals surface area contributed by atoms with E-state index in [0.717, 1.165) is 44.2 Å². The van der Waals surface area contributed by atoms with Crippen LogP contribution in [0.4, 0.5) is 0 Å². The third kappa shape index (κ3) is 2.95. The van der Waals surface area contributed by atoms with Gasteiger partial charge in [0.1, 0.15) is 11.5 Å². The molecular weight excluding hydrogens is 238 g/mol. The Balaban J connectivity index is 1.53. The van der Waals surface area contributed by atoms with E-state index in [2.05, 4.69) is 46.6 Å². The molecule has 1 fully saturated rings. The van der Waals surface area contributed by atoms with E-state index in [-0.39, 0.29) is 0 Å². The normalized spacial score (nSPS) is 20.5. The van der Waals surface area contributed by atoms with E-state index in [0.29, 0.717) is 6.04 Å². The maximum absolute atomic E-state index is 5.77. The van der Waals surface area contributed by atoms with E-state index in [1.165, 1.54) is 12.8 Å². The molecule has 0 unspecified atom stereocenters. The highest BCUT2D eigenvalue weighted by molar-refractivity contribution is 5.08. The Morgan fingerprint density at radius 1 is 1.21 bits per heavy atom. The number of hydrogen-bond acceptors (Lipinski definition) is 4. The third-order valence-electron chi connectivity index (χ3n) is 4.02. The highest BCUT2D eigenvalue weighted by Crippen LogP contribution is 2.20. The van der Waals surface area contributed by atoms with Crippen LogP contribution >= 0.6 is 0 Å². The summed E-state index contributed by atoms with van der Waals surface area (Å²) < 4.78 is 5.77. The highest BCUT2D eigenvalue weighted by Gasteiger charge is 2.23. The molecule has 0 radical (unpaired) electrons. The van der Waals surface area contributed by atoms with Gasteiger partial charge < -0.3 is 19.5 Å². The fourth-order valence-corrected chi connectivity index (χ4v) is 2.86. The van der Waals surface area contributed by atoms with Crippen LogP contribution in [0.25, 0.3) is 0 Å². The zero-order valence-corrected chi connectivity index (χ0v) is 11.6. The molecule has 2 aliphatic rings. The summed E-state index contributed by atoms with van der Waals surface area (Å²) in [5, 5.41) is 3.42. The lowest BCUT2D eigenvalue weighted by molar-refractivity contribution is 0.173. The SMILES string of the molecule is CCc1ccc(CN2C=CN(C3CCNCC3)C2)o1. The van der Waals surface area contributed by atoms with Crippen molar-refractivity contribution in [1.29, 1.82) is 0 Å². The van der Waals surface area contributed by atoms with Crippen molar-refractivity contribution >= 4 is 0 Å². The minimum Gasteiger partial charge on any atom is -0.464 e. The summed E-state index contributed by atoms with van der Waals surface area (Å²) >= 11 is 0. The number of nitrogens with one attached hydrogen (secondary N) is 1. The van der Waals surface area contributed by atoms with E-state index in [1.807, 2.05) is 0 Å². The Morgan fingerprint density at radius 3 is 2.74 bits per heavy atom. The second-order valence-corrected chi connectivity index (χ2v) is 5.40. The smallest absolute Gasteiger partial charge is 0.123 e. The molecule has 3 rings (SSSR count). The summed E-state index contributed by atoms with van der Waals surface area (Å²) in [5.41, 5.74) is 0. The van der Waals surface area contributed by atoms with Gasteiger partial charge in [0.05, 0.1) is 13.2 Å². The molecule has 1 aromatic rings. The van der Waals surface area contributed by atoms with Crippen LogP contribution in [0.5, 0.6) is 0 Å². The summed E-state index contributed by atoms with van der Waals surface area (Å²) in [4.78, 5) is 4.78. The van der Waals surface area contributed by atoms with Gasteiger partial charge in [-0.25, -0.2) is 0 Å². The standard InChI is InChI=1S/C15H23N3O/c1-2-14-3-4-15(19-14)11-17-9-10-18(12-17)13-5-7-16-8-6-13/h3-4,9-10,13,16H,2,5-8,11-12H2,1H3. The van der Waals surface area contributed by atoms with Gasteiger partial charge in [0, 0.05) is 24.9 Å². The second kappa shape index (κ2) is 5.70. The third-order valence-corrected chi connectivity index (χ3v) is 4.02. The number of rotatable bonds is 4. The number of hydrogen-bond donors (Lipinski definition) is 1. The molecule has 3 heterocycles. The fraction of sp³-hybridized carbons (Fsp3) is 0.600. The van der Waals surface area contributed by atoms with Gasteiger partial charge in [0.25, 0.3) is 0 Å². The average Bonchev–Trinajstić information content (AvgIpc) is 3.09. The van der Waals surface area contributed by atoms with Crippen molar-refractivity contribution in [3.8, 4) is 0 Å². The number of furan rings is 1. The van der Waals surface area contributed by atoms with Gasteiger partial charge in [-0.05, 0) is 38.1 Å². The lowest BCUT2D eigenvalue weighted by atomic mass is 10.1. The maximum Gasteiger partial charge on any atom is 0.123 e. The molecule has 0 spiro atoms. The monoisotopic (exact) mass is 261 g/mol. The molecule has 0 amide bonds. The molecule has 0 aromatic carbocycles. The van der Waals surface area contributed by atoms with Gasteiger partial charge in [0.2, 0.25) is 0 Å². The van der Waals surface area contributed by atoms with Crippen LogP contribution in [0.15, 0.2) is 28.9 Å². The Kier molecular flexibility index (Phi) is 3.78. The molecule has 2 aliphatic heterocycles. The molecule has 0 saturated carbocycles. The summed E-state index contributed by atoms with van der Waals surface area (Å²) in [7, 11) is 0. The first-order valence-electron chi connectivity index (χ1n) is 7.31. The van der Waals surface area contributed by atoms with Gasteiger partial charge in [-0.15, -0.1) is 0 Å². The van der Waals surface area contributed by atoms with Crippen LogP contribution < -0.4 is 5.32 Å². The number of aryl methyl sites for hydroxylation is 1. The zero-order valence-electron chi connectivity index (χ0n) is 11.6. The molecule has 0 bridgehead atoms. The minimum absolute atomic E-state index is 0.699. The van der Waals surface area contributed by atoms with E-state index < -0.39 is 0 Å². The second-order valence-electron chi connectivity index (χ2n) is 5.40. The van der Waals surface area contributed by atoms with Crippen molar-refractivity contribution in [2.24, 2.45) is 0 Å². The van der Waals surface area contributed by atoms with E-state index >= 15 is 0 Å². The summed E-state index contributed by atoms with van der Waals surface area (Å²) in [6, 6.07) is 4.88. The van der Waals surface area contributed by atoms with Crippen LogP contribution in [0.1, 0.15) is 31.3 Å². The van der Waals surface area contributed by atoms with Crippen LogP contribution in [0.2, 0.25) is 0 Å². The van der Waals surface area contributed by atoms with Gasteiger partial charge >= 0.3 is 0 Å². The van der Waals surface area contributed by atoms with E-state index in [4.69, 9.17) is 4.42 Å². The van der Waals surface area contributed by atoms with Crippen LogP contribution in [-0.4, -0.2) is 35.6 Å². The minimum atomic E-state index is 0.699. The number of piperidine rings is 1. The molecule has 4 nitrogen and oxygen atoms in total. The van der Waals surface area contributed by atoms with E-state index in [1.54, 1.807) is 0 Å². The van der Waals surface area contributed by atoms with Gasteiger partial charge in [0.15, 0.2) is 0 Å². The van der Waals surface area contributed by atoms with Crippen molar-refractivity contribution in [2.75, 3.05) is 19.8 Å². The van der Waals surface area contributed by atoms with Crippen LogP contribution in [0.3, 0.4) is 0 Å². The van der Waals surface area contributed by atoms with Crippen molar-refractivity contribution in [2.45, 2.75) is 38.8 Å². The Hall–Kier alpha value is -1.42. The quantitative estimate of drug-likeness (QED) is 0.900. The van der Waals surface area contributed by atoms with Crippen molar-refractivity contribution in [3.05, 3.63) is 36.1 Å². The van der Waals surface area contributed by atoms with Crippen molar-refractivity contribution < 1.29 is 4.42 Å². The van der Waals surface area contributed by atoms with Crippen LogP contribution in [-0.2, 0) is 13.0 Å². The van der Waals surface area contributed by atoms with Crippen LogP contribution in [0, 0.1) is 0 Å². The lowest BCUT2D eigenvalue weighted by Gasteiger charge is -2.32. The summed E-state index contributed by atoms with van der Waals surface area (Å²) in [6.45, 7) is 6.28. The molecule has 1 aromatic heterocycles. The topological polar surface area (TPSA) is 31.6 Å². The first-order chi connectivity index (χ1) is 9.35. The van der Waals surface area contributed by atoms with Crippen molar-refractivity contribution in [1.82, 2.24) is 15.1 Å². The maximum atomic E-state index is 5.77. The fourth-order valence-electron chi connectivity index (χ4n) is 2.86. The zero-order chi connectivity index (χ0) is 13.1.